The van der Waals surface area contributed by atoms with E-state index in [1.165, 1.54) is 36.3 Å². The van der Waals surface area contributed by atoms with Crippen molar-refractivity contribution in [3.8, 4) is 0 Å². The summed E-state index contributed by atoms with van der Waals surface area (Å²) in [6, 6.07) is 46.0. The molecule has 0 fully saturated rings. The minimum absolute atomic E-state index is 0. The zero-order chi connectivity index (χ0) is 41.1. The number of aliphatic imine (C=N–C) groups is 2. The molecule has 1 heterocycles. The molecule has 0 amide bonds. The van der Waals surface area contributed by atoms with Gasteiger partial charge in [-0.1, -0.05) is 222 Å². The topological polar surface area (TPSA) is 37.6 Å². The van der Waals surface area contributed by atoms with E-state index in [1.54, 1.807) is 0 Å². The van der Waals surface area contributed by atoms with E-state index in [9.17, 15) is 0 Å². The summed E-state index contributed by atoms with van der Waals surface area (Å²) in [6.45, 7) is 26.4. The zero-order valence-corrected chi connectivity index (χ0v) is 40.1. The van der Waals surface area contributed by atoms with Crippen molar-refractivity contribution < 1.29 is 17.1 Å². The van der Waals surface area contributed by atoms with Gasteiger partial charge in [0.15, 0.2) is 0 Å². The molecule has 1 aromatic heterocycles. The fourth-order valence-corrected chi connectivity index (χ4v) is 9.57. The Morgan fingerprint density at radius 2 is 0.789 bits per heavy atom. The maximum atomic E-state index is 6.66. The van der Waals surface area contributed by atoms with Crippen LogP contribution < -0.4 is 0 Å². The third kappa shape index (κ3) is 14.6. The molecule has 57 heavy (non-hydrogen) atoms. The monoisotopic (exact) mass is 875 g/mol. The van der Waals surface area contributed by atoms with Gasteiger partial charge in [-0.2, -0.15) is 0 Å². The minimum atomic E-state index is -0.921. The summed E-state index contributed by atoms with van der Waals surface area (Å²) in [5.41, 5.74) is 8.52. The van der Waals surface area contributed by atoms with Crippen molar-refractivity contribution in [2.24, 2.45) is 9.98 Å². The SMILES string of the molecule is CCc1cccc(Cl)c1N=C(c1ccccc1)c1cccc(C(=Nc2c(Cl)cccc2CC)c2ccccc2)n1.[CH2-][Si](CC)(CC)CC.[CH2-][Si](CC)(CC)CC.[Fe+2]. The molecule has 0 aliphatic carbocycles. The molecule has 0 radical (unpaired) electrons. The molecule has 4 aromatic carbocycles. The van der Waals surface area contributed by atoms with Gasteiger partial charge >= 0.3 is 17.1 Å². The van der Waals surface area contributed by atoms with Crippen molar-refractivity contribution in [2.75, 3.05) is 0 Å². The zero-order valence-electron chi connectivity index (χ0n) is 35.5. The molecule has 0 N–H and O–H groups in total. The molecule has 0 aliphatic rings. The first-order valence-electron chi connectivity index (χ1n) is 20.5. The van der Waals surface area contributed by atoms with E-state index in [2.05, 4.69) is 80.6 Å². The van der Waals surface area contributed by atoms with Gasteiger partial charge in [0.05, 0.1) is 44.2 Å². The maximum Gasteiger partial charge on any atom is 2.00 e. The molecular formula is C49H63Cl2FeN3Si2. The Hall–Kier alpha value is -3.10. The van der Waals surface area contributed by atoms with Gasteiger partial charge in [0.2, 0.25) is 0 Å². The molecule has 0 unspecified atom stereocenters. The minimum Gasteiger partial charge on any atom is -0.342 e. The van der Waals surface area contributed by atoms with E-state index in [1.807, 2.05) is 103 Å². The largest absolute Gasteiger partial charge is 2.00 e. The Kier molecular flexibility index (Phi) is 22.3. The number of hydrogen-bond donors (Lipinski definition) is 0. The summed E-state index contributed by atoms with van der Waals surface area (Å²) in [4.78, 5) is 15.4. The van der Waals surface area contributed by atoms with Crippen LogP contribution in [0.2, 0.25) is 46.3 Å². The summed E-state index contributed by atoms with van der Waals surface area (Å²) in [7, 11) is -1.84. The van der Waals surface area contributed by atoms with Crippen LogP contribution in [0.5, 0.6) is 0 Å². The van der Waals surface area contributed by atoms with Crippen LogP contribution in [0.15, 0.2) is 125 Å². The molecule has 0 aliphatic heterocycles. The quantitative estimate of drug-likeness (QED) is 0.0622. The van der Waals surface area contributed by atoms with Gasteiger partial charge in [-0.3, -0.25) is 0 Å². The van der Waals surface area contributed by atoms with Gasteiger partial charge in [0.1, 0.15) is 0 Å². The van der Waals surface area contributed by atoms with Crippen LogP contribution in [0.4, 0.5) is 11.4 Å². The number of pyridine rings is 1. The molecule has 8 heteroatoms. The Balaban J connectivity index is 0.000000556. The summed E-state index contributed by atoms with van der Waals surface area (Å²) in [5, 5.41) is 1.22. The molecule has 0 atom stereocenters. The van der Waals surface area contributed by atoms with E-state index in [0.717, 1.165) is 69.3 Å². The third-order valence-corrected chi connectivity index (χ3v) is 20.8. The van der Waals surface area contributed by atoms with Crippen LogP contribution in [-0.4, -0.2) is 32.6 Å². The molecule has 5 aromatic rings. The number of rotatable bonds is 14. The Morgan fingerprint density at radius 1 is 0.474 bits per heavy atom. The smallest absolute Gasteiger partial charge is 0.342 e. The van der Waals surface area contributed by atoms with Gasteiger partial charge in [0, 0.05) is 11.1 Å². The number of aryl methyl sites for hydroxylation is 2. The van der Waals surface area contributed by atoms with Crippen LogP contribution >= 0.6 is 23.2 Å². The molecule has 0 saturated carbocycles. The van der Waals surface area contributed by atoms with Gasteiger partial charge in [0.25, 0.3) is 0 Å². The van der Waals surface area contributed by atoms with E-state index in [0.29, 0.717) is 10.0 Å². The van der Waals surface area contributed by atoms with E-state index in [4.69, 9.17) is 38.2 Å². The number of para-hydroxylation sites is 2. The second kappa shape index (κ2) is 25.4. The summed E-state index contributed by atoms with van der Waals surface area (Å²) >= 11 is 13.3. The molecule has 304 valence electrons. The number of aromatic nitrogens is 1. The fourth-order valence-electron chi connectivity index (χ4n) is 6.09. The van der Waals surface area contributed by atoms with E-state index < -0.39 is 16.1 Å². The summed E-state index contributed by atoms with van der Waals surface area (Å²) < 4.78 is 0. The first-order chi connectivity index (χ1) is 26.9. The van der Waals surface area contributed by atoms with Crippen molar-refractivity contribution in [1.82, 2.24) is 4.98 Å². The first-order valence-corrected chi connectivity index (χ1v) is 26.9. The van der Waals surface area contributed by atoms with Crippen LogP contribution in [-0.2, 0) is 29.9 Å². The van der Waals surface area contributed by atoms with Crippen molar-refractivity contribution in [3.05, 3.63) is 172 Å². The predicted molar refractivity (Wildman–Crippen MR) is 254 cm³/mol. The van der Waals surface area contributed by atoms with Crippen LogP contribution in [0, 0.1) is 13.1 Å². The Bertz CT molecular complexity index is 1840. The van der Waals surface area contributed by atoms with E-state index in [-0.39, 0.29) is 17.1 Å². The average molecular weight is 877 g/mol. The number of nitrogens with zero attached hydrogens (tertiary/aromatic N) is 3. The van der Waals surface area contributed by atoms with Crippen LogP contribution in [0.1, 0.15) is 89.0 Å². The van der Waals surface area contributed by atoms with Crippen LogP contribution in [0.25, 0.3) is 0 Å². The summed E-state index contributed by atoms with van der Waals surface area (Å²) in [6.07, 6.45) is 1.63. The second-order valence-electron chi connectivity index (χ2n) is 14.4. The van der Waals surface area contributed by atoms with Crippen molar-refractivity contribution in [3.63, 3.8) is 0 Å². The first kappa shape index (κ1) is 50.0. The fraction of sp³-hybridized carbons (Fsp3) is 0.327. The van der Waals surface area contributed by atoms with Gasteiger partial charge in [-0.25, -0.2) is 15.0 Å². The molecule has 0 bridgehead atoms. The van der Waals surface area contributed by atoms with Gasteiger partial charge < -0.3 is 13.1 Å². The van der Waals surface area contributed by atoms with Crippen molar-refractivity contribution in [1.29, 1.82) is 0 Å². The van der Waals surface area contributed by atoms with Gasteiger partial charge in [-0.05, 0) is 48.2 Å². The van der Waals surface area contributed by atoms with Gasteiger partial charge in [-0.15, -0.1) is 0 Å². The normalized spacial score (nSPS) is 11.8. The Morgan fingerprint density at radius 3 is 1.07 bits per heavy atom. The van der Waals surface area contributed by atoms with Crippen LogP contribution in [0.3, 0.4) is 0 Å². The number of halogens is 2. The van der Waals surface area contributed by atoms with Crippen molar-refractivity contribution >= 4 is 62.1 Å². The molecular weight excluding hydrogens is 813 g/mol. The molecule has 3 nitrogen and oxygen atoms in total. The second-order valence-corrected chi connectivity index (χ2v) is 25.4. The molecule has 0 saturated heterocycles. The number of hydrogen-bond acceptors (Lipinski definition) is 3. The molecule has 5 rings (SSSR count). The summed E-state index contributed by atoms with van der Waals surface area (Å²) in [5.74, 6) is 0. The van der Waals surface area contributed by atoms with E-state index >= 15 is 0 Å². The maximum absolute atomic E-state index is 6.66. The Labute approximate surface area is 368 Å². The standard InChI is InChI=1S/C35H29Cl2N3.2C7H17Si.Fe/c1-3-24-18-11-20-28(36)32(24)39-34(26-14-7-5-8-15-26)30-22-13-23-31(38-30)35(27-16-9-6-10-17-27)40-33-25(4-2)19-12-21-29(33)37;2*1-5-8(4,6-2)7-3;/h5-23H,3-4H2,1-2H3;2*4-7H2,1-3H3;/q;2*-1;+2. The third-order valence-electron chi connectivity index (χ3n) is 11.2. The average Bonchev–Trinajstić information content (AvgIpc) is 3.25. The number of benzene rings is 4. The predicted octanol–water partition coefficient (Wildman–Crippen LogP) is 15.6. The van der Waals surface area contributed by atoms with Crippen molar-refractivity contribution in [2.45, 2.75) is 104 Å². The molecule has 0 spiro atoms.